The highest BCUT2D eigenvalue weighted by Crippen LogP contribution is 2.28. The smallest absolute Gasteiger partial charge is 0.323 e. The summed E-state index contributed by atoms with van der Waals surface area (Å²) in [6, 6.07) is 11.6. The molecule has 2 aromatic rings. The molecule has 1 fully saturated rings. The van der Waals surface area contributed by atoms with Gasteiger partial charge < -0.3 is 20.4 Å². The first-order valence-corrected chi connectivity index (χ1v) is 9.60. The van der Waals surface area contributed by atoms with Crippen LogP contribution < -0.4 is 15.4 Å². The Morgan fingerprint density at radius 2 is 1.94 bits per heavy atom. The highest BCUT2D eigenvalue weighted by molar-refractivity contribution is 6.10. The number of amides is 4. The van der Waals surface area contributed by atoms with E-state index in [0.717, 1.165) is 11.1 Å². The van der Waals surface area contributed by atoms with Gasteiger partial charge in [0.1, 0.15) is 5.75 Å². The van der Waals surface area contributed by atoms with Crippen molar-refractivity contribution in [2.75, 3.05) is 13.7 Å². The molecule has 0 spiro atoms. The number of nitrogens with zero attached hydrogens (tertiary/aromatic N) is 1. The maximum Gasteiger partial charge on any atom is 0.323 e. The Hall–Kier alpha value is -4.12. The zero-order chi connectivity index (χ0) is 22.2. The van der Waals surface area contributed by atoms with E-state index in [1.807, 2.05) is 6.07 Å². The van der Waals surface area contributed by atoms with E-state index >= 15 is 0 Å². The van der Waals surface area contributed by atoms with Gasteiger partial charge in [-0.2, -0.15) is 0 Å². The molecule has 0 aromatic heterocycles. The normalized spacial score (nSPS) is 19.3. The van der Waals surface area contributed by atoms with Crippen molar-refractivity contribution in [3.8, 4) is 17.6 Å². The van der Waals surface area contributed by atoms with Gasteiger partial charge in [-0.15, -0.1) is 0 Å². The average molecular weight is 416 g/mol. The van der Waals surface area contributed by atoms with Crippen LogP contribution in [0.25, 0.3) is 0 Å². The molecule has 8 heteroatoms. The highest BCUT2D eigenvalue weighted by Gasteiger charge is 2.48. The van der Waals surface area contributed by atoms with E-state index in [4.69, 9.17) is 10.1 Å². The molecule has 2 aromatic carbocycles. The first-order valence-electron chi connectivity index (χ1n) is 9.60. The number of rotatable bonds is 4. The number of urea groups is 1. The molecule has 4 rings (SSSR count). The Morgan fingerprint density at radius 1 is 1.19 bits per heavy atom. The van der Waals surface area contributed by atoms with E-state index in [9.17, 15) is 14.4 Å². The lowest BCUT2D eigenvalue weighted by Crippen LogP contribution is -2.54. The SMILES string of the molecule is COc1ccc2c(c1)C(=O)N(C[C@@]1(C#Cc3ccc(C(C)=N)cc3)NC(=O)NC1=O)C2. The van der Waals surface area contributed by atoms with Crippen molar-refractivity contribution < 1.29 is 19.1 Å². The standard InChI is InChI=1S/C23H20N4O4/c1-14(24)16-5-3-15(4-6-16)9-10-23(21(29)25-22(30)26-23)13-27-12-17-7-8-18(31-2)11-19(17)20(27)28/h3-8,11,24H,12-13H2,1-2H3,(H2,25,26,29,30)/t23-/m1/s1. The van der Waals surface area contributed by atoms with Gasteiger partial charge in [0.25, 0.3) is 11.8 Å². The number of carbonyl (C=O) groups is 3. The number of hydrogen-bond donors (Lipinski definition) is 3. The van der Waals surface area contributed by atoms with Gasteiger partial charge in [0, 0.05) is 23.4 Å². The zero-order valence-corrected chi connectivity index (χ0v) is 17.0. The number of benzene rings is 2. The van der Waals surface area contributed by atoms with Crippen molar-refractivity contribution in [2.45, 2.75) is 19.0 Å². The minimum Gasteiger partial charge on any atom is -0.497 e. The Kier molecular flexibility index (Phi) is 4.95. The van der Waals surface area contributed by atoms with Crippen LogP contribution in [-0.2, 0) is 11.3 Å². The summed E-state index contributed by atoms with van der Waals surface area (Å²) < 4.78 is 5.19. The van der Waals surface area contributed by atoms with Crippen LogP contribution >= 0.6 is 0 Å². The Bertz CT molecular complexity index is 1180. The van der Waals surface area contributed by atoms with Gasteiger partial charge in [-0.05, 0) is 42.3 Å². The topological polar surface area (TPSA) is 112 Å². The lowest BCUT2D eigenvalue weighted by molar-refractivity contribution is -0.122. The Balaban J connectivity index is 1.63. The minimum absolute atomic E-state index is 0.0922. The summed E-state index contributed by atoms with van der Waals surface area (Å²) in [6.45, 7) is 1.90. The first-order chi connectivity index (χ1) is 14.8. The predicted molar refractivity (Wildman–Crippen MR) is 113 cm³/mol. The molecule has 2 aliphatic rings. The van der Waals surface area contributed by atoms with Crippen LogP contribution in [0.3, 0.4) is 0 Å². The summed E-state index contributed by atoms with van der Waals surface area (Å²) in [7, 11) is 1.53. The second-order valence-corrected chi connectivity index (χ2v) is 7.45. The van der Waals surface area contributed by atoms with Crippen molar-refractivity contribution in [1.82, 2.24) is 15.5 Å². The van der Waals surface area contributed by atoms with Crippen molar-refractivity contribution in [3.63, 3.8) is 0 Å². The molecule has 0 bridgehead atoms. The largest absolute Gasteiger partial charge is 0.497 e. The number of carbonyl (C=O) groups excluding carboxylic acids is 3. The third kappa shape index (κ3) is 3.73. The summed E-state index contributed by atoms with van der Waals surface area (Å²) in [6.07, 6.45) is 0. The molecule has 8 nitrogen and oxygen atoms in total. The van der Waals surface area contributed by atoms with Gasteiger partial charge in [-0.25, -0.2) is 4.79 Å². The third-order valence-electron chi connectivity index (χ3n) is 5.30. The molecular formula is C23H20N4O4. The maximum atomic E-state index is 12.9. The Labute approximate surface area is 179 Å². The van der Waals surface area contributed by atoms with Crippen LogP contribution in [0.15, 0.2) is 42.5 Å². The maximum absolute atomic E-state index is 12.9. The summed E-state index contributed by atoms with van der Waals surface area (Å²) in [5, 5.41) is 12.5. The molecular weight excluding hydrogens is 396 g/mol. The zero-order valence-electron chi connectivity index (χ0n) is 17.0. The minimum atomic E-state index is -1.56. The van der Waals surface area contributed by atoms with Crippen LogP contribution in [0.1, 0.15) is 34.0 Å². The van der Waals surface area contributed by atoms with E-state index in [2.05, 4.69) is 22.5 Å². The van der Waals surface area contributed by atoms with E-state index in [0.29, 0.717) is 29.1 Å². The lowest BCUT2D eigenvalue weighted by atomic mass is 9.98. The van der Waals surface area contributed by atoms with E-state index in [1.54, 1.807) is 43.3 Å². The number of ether oxygens (including phenoxy) is 1. The fourth-order valence-corrected chi connectivity index (χ4v) is 3.59. The number of methoxy groups -OCH3 is 1. The van der Waals surface area contributed by atoms with Gasteiger partial charge >= 0.3 is 6.03 Å². The molecule has 2 aliphatic heterocycles. The first kappa shape index (κ1) is 20.2. The molecule has 0 radical (unpaired) electrons. The van der Waals surface area contributed by atoms with Gasteiger partial charge in [0.15, 0.2) is 0 Å². The van der Waals surface area contributed by atoms with Gasteiger partial charge in [-0.1, -0.05) is 30.0 Å². The molecule has 1 saturated heterocycles. The van der Waals surface area contributed by atoms with Crippen LogP contribution in [0, 0.1) is 17.3 Å². The van der Waals surface area contributed by atoms with Crippen LogP contribution in [0.4, 0.5) is 4.79 Å². The summed E-state index contributed by atoms with van der Waals surface area (Å²) in [5.41, 5.74) is 1.58. The molecule has 4 amide bonds. The molecule has 0 saturated carbocycles. The second-order valence-electron chi connectivity index (χ2n) is 7.45. The van der Waals surface area contributed by atoms with E-state index < -0.39 is 17.5 Å². The van der Waals surface area contributed by atoms with Crippen molar-refractivity contribution >= 4 is 23.6 Å². The van der Waals surface area contributed by atoms with Crippen molar-refractivity contribution in [2.24, 2.45) is 0 Å². The van der Waals surface area contributed by atoms with Crippen LogP contribution in [-0.4, -0.2) is 47.7 Å². The van der Waals surface area contributed by atoms with Crippen LogP contribution in [0.2, 0.25) is 0 Å². The number of nitrogens with one attached hydrogen (secondary N) is 3. The van der Waals surface area contributed by atoms with Gasteiger partial charge in [-0.3, -0.25) is 14.9 Å². The second kappa shape index (κ2) is 7.61. The molecule has 156 valence electrons. The van der Waals surface area contributed by atoms with Crippen molar-refractivity contribution in [3.05, 3.63) is 64.7 Å². The summed E-state index contributed by atoms with van der Waals surface area (Å²) in [5.74, 6) is 5.50. The highest BCUT2D eigenvalue weighted by atomic mass is 16.5. The van der Waals surface area contributed by atoms with E-state index in [1.165, 1.54) is 12.0 Å². The number of hydrogen-bond acceptors (Lipinski definition) is 5. The van der Waals surface area contributed by atoms with Gasteiger partial charge in [0.05, 0.1) is 13.7 Å². The monoisotopic (exact) mass is 416 g/mol. The predicted octanol–water partition coefficient (Wildman–Crippen LogP) is 1.67. The number of fused-ring (bicyclic) bond motifs is 1. The fourth-order valence-electron chi connectivity index (χ4n) is 3.59. The number of imide groups is 1. The third-order valence-corrected chi connectivity index (χ3v) is 5.30. The molecule has 0 unspecified atom stereocenters. The van der Waals surface area contributed by atoms with E-state index in [-0.39, 0.29) is 12.5 Å². The quantitative estimate of drug-likeness (QED) is 0.400. The molecule has 0 aliphatic carbocycles. The summed E-state index contributed by atoms with van der Waals surface area (Å²) in [4.78, 5) is 39.0. The fraction of sp³-hybridized carbons (Fsp3) is 0.217. The molecule has 31 heavy (non-hydrogen) atoms. The Morgan fingerprint density at radius 3 is 2.55 bits per heavy atom. The van der Waals surface area contributed by atoms with Crippen molar-refractivity contribution in [1.29, 1.82) is 5.41 Å². The molecule has 1 atom stereocenters. The summed E-state index contributed by atoms with van der Waals surface area (Å²) >= 11 is 0. The van der Waals surface area contributed by atoms with Crippen LogP contribution in [0.5, 0.6) is 5.75 Å². The molecule has 3 N–H and O–H groups in total. The van der Waals surface area contributed by atoms with Gasteiger partial charge in [0.2, 0.25) is 5.54 Å². The molecule has 2 heterocycles. The average Bonchev–Trinajstić information content (AvgIpc) is 3.21. The lowest BCUT2D eigenvalue weighted by Gasteiger charge is -2.26.